The Morgan fingerprint density at radius 3 is 2.82 bits per heavy atom. The molecule has 17 heavy (non-hydrogen) atoms. The smallest absolute Gasteiger partial charge is 0.337 e. The van der Waals surface area contributed by atoms with Gasteiger partial charge < -0.3 is 19.7 Å². The summed E-state index contributed by atoms with van der Waals surface area (Å²) in [5, 5.41) is 11.5. The van der Waals surface area contributed by atoms with Gasteiger partial charge in [0.25, 0.3) is 0 Å². The lowest BCUT2D eigenvalue weighted by Gasteiger charge is -2.12. The Kier molecular flexibility index (Phi) is 4.71. The number of hydrogen-bond acceptors (Lipinski definition) is 3. The quantitative estimate of drug-likeness (QED) is 0.751. The lowest BCUT2D eigenvalue weighted by atomic mass is 10.3. The third-order valence-corrected chi connectivity index (χ3v) is 2.15. The molecule has 1 rings (SSSR count). The standard InChI is InChI=1S/C11H16N2O4/c1-8(7-17-2)12-10(14)6-13-4-3-9(5-13)11(15)16/h3-5,8H,6-7H2,1-2H3,(H,12,14)(H,15,16). The molecule has 0 fully saturated rings. The van der Waals surface area contributed by atoms with E-state index in [1.165, 1.54) is 16.8 Å². The van der Waals surface area contributed by atoms with E-state index in [2.05, 4.69) is 5.32 Å². The summed E-state index contributed by atoms with van der Waals surface area (Å²) in [6.07, 6.45) is 2.98. The molecule has 94 valence electrons. The first-order valence-electron chi connectivity index (χ1n) is 5.20. The molecule has 0 aromatic carbocycles. The van der Waals surface area contributed by atoms with E-state index in [0.717, 1.165) is 0 Å². The number of carbonyl (C=O) groups excluding carboxylic acids is 1. The van der Waals surface area contributed by atoms with Gasteiger partial charge >= 0.3 is 5.97 Å². The van der Waals surface area contributed by atoms with Crippen molar-refractivity contribution < 1.29 is 19.4 Å². The molecule has 2 N–H and O–H groups in total. The second-order valence-corrected chi connectivity index (χ2v) is 3.80. The van der Waals surface area contributed by atoms with Crippen molar-refractivity contribution in [2.45, 2.75) is 19.5 Å². The maximum absolute atomic E-state index is 11.5. The normalized spacial score (nSPS) is 12.1. The first-order chi connectivity index (χ1) is 8.02. The molecule has 0 aliphatic carbocycles. The molecule has 0 saturated carbocycles. The molecule has 1 aromatic heterocycles. The van der Waals surface area contributed by atoms with Gasteiger partial charge in [0.15, 0.2) is 0 Å². The molecule has 1 amide bonds. The van der Waals surface area contributed by atoms with Crippen LogP contribution in [0.4, 0.5) is 0 Å². The van der Waals surface area contributed by atoms with Crippen molar-refractivity contribution in [2.75, 3.05) is 13.7 Å². The Balaban J connectivity index is 2.47. The molecular weight excluding hydrogens is 224 g/mol. The van der Waals surface area contributed by atoms with Crippen LogP contribution < -0.4 is 5.32 Å². The minimum Gasteiger partial charge on any atom is -0.478 e. The first kappa shape index (κ1) is 13.2. The van der Waals surface area contributed by atoms with Crippen molar-refractivity contribution in [1.29, 1.82) is 0 Å². The molecule has 0 aliphatic heterocycles. The van der Waals surface area contributed by atoms with Crippen LogP contribution in [0, 0.1) is 0 Å². The zero-order valence-electron chi connectivity index (χ0n) is 9.84. The van der Waals surface area contributed by atoms with Crippen LogP contribution in [-0.2, 0) is 16.1 Å². The number of hydrogen-bond donors (Lipinski definition) is 2. The summed E-state index contributed by atoms with van der Waals surface area (Å²) < 4.78 is 6.42. The highest BCUT2D eigenvalue weighted by Gasteiger charge is 2.09. The summed E-state index contributed by atoms with van der Waals surface area (Å²) in [5.74, 6) is -1.18. The van der Waals surface area contributed by atoms with Crippen molar-refractivity contribution in [3.63, 3.8) is 0 Å². The average molecular weight is 240 g/mol. The van der Waals surface area contributed by atoms with Gasteiger partial charge in [-0.05, 0) is 13.0 Å². The molecule has 6 nitrogen and oxygen atoms in total. The Hall–Kier alpha value is -1.82. The van der Waals surface area contributed by atoms with Crippen LogP contribution in [0.5, 0.6) is 0 Å². The van der Waals surface area contributed by atoms with Gasteiger partial charge in [0.05, 0.1) is 12.2 Å². The zero-order valence-corrected chi connectivity index (χ0v) is 9.84. The second kappa shape index (κ2) is 6.05. The van der Waals surface area contributed by atoms with E-state index in [9.17, 15) is 9.59 Å². The number of methoxy groups -OCH3 is 1. The maximum atomic E-state index is 11.5. The lowest BCUT2D eigenvalue weighted by molar-refractivity contribution is -0.122. The molecule has 0 spiro atoms. The van der Waals surface area contributed by atoms with Gasteiger partial charge in [-0.3, -0.25) is 4.79 Å². The highest BCUT2D eigenvalue weighted by atomic mass is 16.5. The highest BCUT2D eigenvalue weighted by Crippen LogP contribution is 2.00. The number of aromatic nitrogens is 1. The largest absolute Gasteiger partial charge is 0.478 e. The third kappa shape index (κ3) is 4.28. The van der Waals surface area contributed by atoms with Gasteiger partial charge in [-0.2, -0.15) is 0 Å². The Labute approximate surface area is 99.2 Å². The van der Waals surface area contributed by atoms with Crippen LogP contribution in [0.1, 0.15) is 17.3 Å². The summed E-state index contributed by atoms with van der Waals surface area (Å²) in [4.78, 5) is 22.2. The highest BCUT2D eigenvalue weighted by molar-refractivity contribution is 5.87. The number of ether oxygens (including phenoxy) is 1. The van der Waals surface area contributed by atoms with Crippen LogP contribution in [-0.4, -0.2) is 41.3 Å². The van der Waals surface area contributed by atoms with E-state index in [-0.39, 0.29) is 24.1 Å². The molecule has 1 aromatic rings. The van der Waals surface area contributed by atoms with Crippen molar-refractivity contribution in [2.24, 2.45) is 0 Å². The van der Waals surface area contributed by atoms with E-state index >= 15 is 0 Å². The molecule has 1 heterocycles. The number of carboxylic acids is 1. The number of rotatable bonds is 6. The molecular formula is C11H16N2O4. The molecule has 0 radical (unpaired) electrons. The lowest BCUT2D eigenvalue weighted by Crippen LogP contribution is -2.37. The minimum atomic E-state index is -1.00. The fraction of sp³-hybridized carbons (Fsp3) is 0.455. The summed E-state index contributed by atoms with van der Waals surface area (Å²) in [7, 11) is 1.56. The molecule has 0 bridgehead atoms. The summed E-state index contributed by atoms with van der Waals surface area (Å²) >= 11 is 0. The van der Waals surface area contributed by atoms with Crippen LogP contribution >= 0.6 is 0 Å². The monoisotopic (exact) mass is 240 g/mol. The van der Waals surface area contributed by atoms with Gasteiger partial charge in [0, 0.05) is 25.5 Å². The maximum Gasteiger partial charge on any atom is 0.337 e. The van der Waals surface area contributed by atoms with Gasteiger partial charge in [-0.25, -0.2) is 4.79 Å². The summed E-state index contributed by atoms with van der Waals surface area (Å²) in [5.41, 5.74) is 0.169. The number of amides is 1. The van der Waals surface area contributed by atoms with Crippen molar-refractivity contribution >= 4 is 11.9 Å². The topological polar surface area (TPSA) is 80.6 Å². The number of nitrogens with one attached hydrogen (secondary N) is 1. The van der Waals surface area contributed by atoms with Crippen LogP contribution in [0.2, 0.25) is 0 Å². The summed E-state index contributed by atoms with van der Waals surface area (Å²) in [6.45, 7) is 2.37. The van der Waals surface area contributed by atoms with Crippen molar-refractivity contribution in [3.8, 4) is 0 Å². The Bertz CT molecular complexity index is 400. The summed E-state index contributed by atoms with van der Waals surface area (Å²) in [6, 6.07) is 1.38. The zero-order chi connectivity index (χ0) is 12.8. The average Bonchev–Trinajstić information content (AvgIpc) is 2.66. The van der Waals surface area contributed by atoms with Gasteiger partial charge in [0.1, 0.15) is 6.54 Å². The fourth-order valence-electron chi connectivity index (χ4n) is 1.44. The van der Waals surface area contributed by atoms with Crippen LogP contribution in [0.3, 0.4) is 0 Å². The second-order valence-electron chi connectivity index (χ2n) is 3.80. The molecule has 6 heteroatoms. The van der Waals surface area contributed by atoms with Crippen LogP contribution in [0.25, 0.3) is 0 Å². The number of carbonyl (C=O) groups is 2. The van der Waals surface area contributed by atoms with Crippen molar-refractivity contribution in [3.05, 3.63) is 24.0 Å². The van der Waals surface area contributed by atoms with E-state index in [0.29, 0.717) is 6.61 Å². The first-order valence-corrected chi connectivity index (χ1v) is 5.20. The Morgan fingerprint density at radius 1 is 1.59 bits per heavy atom. The molecule has 0 saturated heterocycles. The number of aromatic carboxylic acids is 1. The van der Waals surface area contributed by atoms with Crippen molar-refractivity contribution in [1.82, 2.24) is 9.88 Å². The Morgan fingerprint density at radius 2 is 2.29 bits per heavy atom. The van der Waals surface area contributed by atoms with E-state index in [4.69, 9.17) is 9.84 Å². The predicted molar refractivity (Wildman–Crippen MR) is 60.9 cm³/mol. The number of nitrogens with zero attached hydrogens (tertiary/aromatic N) is 1. The minimum absolute atomic E-state index is 0.0676. The van der Waals surface area contributed by atoms with E-state index in [1.54, 1.807) is 13.3 Å². The van der Waals surface area contributed by atoms with Gasteiger partial charge in [0.2, 0.25) is 5.91 Å². The van der Waals surface area contributed by atoms with Gasteiger partial charge in [-0.1, -0.05) is 0 Å². The molecule has 1 atom stereocenters. The SMILES string of the molecule is COCC(C)NC(=O)Cn1ccc(C(=O)O)c1. The fourth-order valence-corrected chi connectivity index (χ4v) is 1.44. The number of carboxylic acid groups (broad SMARTS) is 1. The van der Waals surface area contributed by atoms with E-state index < -0.39 is 5.97 Å². The van der Waals surface area contributed by atoms with Gasteiger partial charge in [-0.15, -0.1) is 0 Å². The van der Waals surface area contributed by atoms with Crippen LogP contribution in [0.15, 0.2) is 18.5 Å². The molecule has 1 unspecified atom stereocenters. The predicted octanol–water partition coefficient (Wildman–Crippen LogP) is 0.337. The molecule has 0 aliphatic rings. The third-order valence-electron chi connectivity index (χ3n) is 2.15. The van der Waals surface area contributed by atoms with E-state index in [1.807, 2.05) is 6.92 Å².